The van der Waals surface area contributed by atoms with Crippen LogP contribution in [0.5, 0.6) is 11.5 Å². The molecule has 146 valence electrons. The molecule has 3 amide bonds. The van der Waals surface area contributed by atoms with E-state index in [4.69, 9.17) is 21.1 Å². The Morgan fingerprint density at radius 1 is 1.14 bits per heavy atom. The number of fused-ring (bicyclic) bond motifs is 1. The molecule has 1 N–H and O–H groups in total. The lowest BCUT2D eigenvalue weighted by atomic mass is 9.98. The van der Waals surface area contributed by atoms with E-state index in [0.29, 0.717) is 33.3 Å². The molecule has 28 heavy (non-hydrogen) atoms. The summed E-state index contributed by atoms with van der Waals surface area (Å²) >= 11 is 6.05. The first kappa shape index (κ1) is 19.7. The van der Waals surface area contributed by atoms with Crippen molar-refractivity contribution in [1.82, 2.24) is 4.90 Å². The molecule has 0 radical (unpaired) electrons. The molecule has 0 bridgehead atoms. The third-order valence-electron chi connectivity index (χ3n) is 4.45. The van der Waals surface area contributed by atoms with Gasteiger partial charge in [-0.15, -0.1) is 0 Å². The number of hydrogen-bond donors (Lipinski definition) is 1. The van der Waals surface area contributed by atoms with Crippen LogP contribution in [-0.4, -0.2) is 43.4 Å². The maximum absolute atomic E-state index is 12.5. The first-order valence-corrected chi connectivity index (χ1v) is 8.96. The van der Waals surface area contributed by atoms with Gasteiger partial charge < -0.3 is 14.8 Å². The SMILES string of the molecule is COc1cc(NC(=O)CCN2C(=O)Cc3ccccc3C2=O)c(OC)cc1Cl. The number of rotatable bonds is 6. The summed E-state index contributed by atoms with van der Waals surface area (Å²) in [5.41, 5.74) is 1.58. The Bertz CT molecular complexity index is 944. The van der Waals surface area contributed by atoms with Gasteiger partial charge in [-0.1, -0.05) is 29.8 Å². The predicted molar refractivity (Wildman–Crippen MR) is 104 cm³/mol. The fourth-order valence-electron chi connectivity index (χ4n) is 3.01. The van der Waals surface area contributed by atoms with Gasteiger partial charge in [0.1, 0.15) is 11.5 Å². The number of imide groups is 1. The Kier molecular flexibility index (Phi) is 5.84. The normalized spacial score (nSPS) is 13.2. The molecule has 8 heteroatoms. The number of anilines is 1. The van der Waals surface area contributed by atoms with E-state index in [2.05, 4.69) is 5.32 Å². The third-order valence-corrected chi connectivity index (χ3v) is 4.74. The highest BCUT2D eigenvalue weighted by molar-refractivity contribution is 6.32. The zero-order valence-electron chi connectivity index (χ0n) is 15.5. The van der Waals surface area contributed by atoms with Crippen molar-refractivity contribution in [1.29, 1.82) is 0 Å². The minimum absolute atomic E-state index is 0.00905. The van der Waals surface area contributed by atoms with Gasteiger partial charge in [0.15, 0.2) is 0 Å². The fraction of sp³-hybridized carbons (Fsp3) is 0.250. The number of benzene rings is 2. The van der Waals surface area contributed by atoms with Crippen LogP contribution >= 0.6 is 11.6 Å². The molecule has 0 atom stereocenters. The highest BCUT2D eigenvalue weighted by Gasteiger charge is 2.30. The molecular formula is C20H19ClN2O5. The van der Waals surface area contributed by atoms with E-state index in [-0.39, 0.29) is 37.1 Å². The number of carbonyl (C=O) groups is 3. The second-order valence-corrected chi connectivity index (χ2v) is 6.58. The zero-order valence-corrected chi connectivity index (χ0v) is 16.2. The Hall–Kier alpha value is -3.06. The highest BCUT2D eigenvalue weighted by Crippen LogP contribution is 2.35. The molecule has 0 fully saturated rings. The molecule has 7 nitrogen and oxygen atoms in total. The molecule has 1 aliphatic heterocycles. The van der Waals surface area contributed by atoms with Crippen LogP contribution in [0.4, 0.5) is 5.69 Å². The van der Waals surface area contributed by atoms with Crippen molar-refractivity contribution < 1.29 is 23.9 Å². The quantitative estimate of drug-likeness (QED) is 0.751. The van der Waals surface area contributed by atoms with E-state index in [1.807, 2.05) is 0 Å². The Labute approximate surface area is 167 Å². The molecular weight excluding hydrogens is 384 g/mol. The summed E-state index contributed by atoms with van der Waals surface area (Å²) < 4.78 is 10.4. The van der Waals surface area contributed by atoms with Crippen LogP contribution < -0.4 is 14.8 Å². The Morgan fingerprint density at radius 2 is 1.86 bits per heavy atom. The van der Waals surface area contributed by atoms with Crippen molar-refractivity contribution in [3.63, 3.8) is 0 Å². The molecule has 2 aromatic carbocycles. The van der Waals surface area contributed by atoms with Crippen molar-refractivity contribution in [2.75, 3.05) is 26.1 Å². The maximum Gasteiger partial charge on any atom is 0.260 e. The standard InChI is InChI=1S/C20H19ClN2O5/c1-27-16-11-15(17(28-2)10-14(16)21)22-18(24)7-8-23-19(25)9-12-5-3-4-6-13(12)20(23)26/h3-6,10-11H,7-9H2,1-2H3,(H,22,24). The Morgan fingerprint density at radius 3 is 2.57 bits per heavy atom. The molecule has 0 aliphatic carbocycles. The lowest BCUT2D eigenvalue weighted by Crippen LogP contribution is -2.43. The number of hydrogen-bond acceptors (Lipinski definition) is 5. The molecule has 1 heterocycles. The summed E-state index contributed by atoms with van der Waals surface area (Å²) in [4.78, 5) is 38.3. The number of amides is 3. The lowest BCUT2D eigenvalue weighted by molar-refractivity contribution is -0.128. The molecule has 1 aliphatic rings. The van der Waals surface area contributed by atoms with Crippen molar-refractivity contribution in [2.45, 2.75) is 12.8 Å². The van der Waals surface area contributed by atoms with Crippen molar-refractivity contribution in [3.05, 3.63) is 52.5 Å². The van der Waals surface area contributed by atoms with Gasteiger partial charge in [0.2, 0.25) is 11.8 Å². The first-order valence-electron chi connectivity index (χ1n) is 8.58. The molecule has 0 spiro atoms. The molecule has 0 saturated carbocycles. The average Bonchev–Trinajstić information content (AvgIpc) is 2.68. The van der Waals surface area contributed by atoms with Gasteiger partial charge in [-0.3, -0.25) is 19.3 Å². The molecule has 0 saturated heterocycles. The van der Waals surface area contributed by atoms with E-state index in [0.717, 1.165) is 4.90 Å². The number of ether oxygens (including phenoxy) is 2. The predicted octanol–water partition coefficient (Wildman–Crippen LogP) is 2.91. The van der Waals surface area contributed by atoms with Crippen molar-refractivity contribution in [3.8, 4) is 11.5 Å². The van der Waals surface area contributed by atoms with Gasteiger partial charge in [-0.05, 0) is 11.6 Å². The average molecular weight is 403 g/mol. The zero-order chi connectivity index (χ0) is 20.3. The molecule has 0 unspecified atom stereocenters. The monoisotopic (exact) mass is 402 g/mol. The number of halogens is 1. The minimum atomic E-state index is -0.384. The van der Waals surface area contributed by atoms with Gasteiger partial charge >= 0.3 is 0 Å². The topological polar surface area (TPSA) is 84.9 Å². The fourth-order valence-corrected chi connectivity index (χ4v) is 3.24. The van der Waals surface area contributed by atoms with E-state index in [1.54, 1.807) is 30.3 Å². The van der Waals surface area contributed by atoms with Gasteiger partial charge in [0.25, 0.3) is 5.91 Å². The number of nitrogens with one attached hydrogen (secondary N) is 1. The van der Waals surface area contributed by atoms with Gasteiger partial charge in [0, 0.05) is 30.7 Å². The van der Waals surface area contributed by atoms with Crippen LogP contribution in [0.3, 0.4) is 0 Å². The van der Waals surface area contributed by atoms with Crippen LogP contribution in [0.2, 0.25) is 5.02 Å². The Balaban J connectivity index is 1.68. The van der Waals surface area contributed by atoms with Crippen molar-refractivity contribution in [2.24, 2.45) is 0 Å². The van der Waals surface area contributed by atoms with Crippen LogP contribution in [0, 0.1) is 0 Å². The highest BCUT2D eigenvalue weighted by atomic mass is 35.5. The number of methoxy groups -OCH3 is 2. The van der Waals surface area contributed by atoms with E-state index < -0.39 is 0 Å². The van der Waals surface area contributed by atoms with Gasteiger partial charge in [-0.2, -0.15) is 0 Å². The van der Waals surface area contributed by atoms with Crippen molar-refractivity contribution >= 4 is 35.0 Å². The van der Waals surface area contributed by atoms with E-state index in [1.165, 1.54) is 20.3 Å². The van der Waals surface area contributed by atoms with Gasteiger partial charge in [0.05, 0.1) is 31.4 Å². The largest absolute Gasteiger partial charge is 0.495 e. The van der Waals surface area contributed by atoms with E-state index in [9.17, 15) is 14.4 Å². The summed E-state index contributed by atoms with van der Waals surface area (Å²) in [6, 6.07) is 10.1. The first-order chi connectivity index (χ1) is 13.4. The molecule has 2 aromatic rings. The molecule has 3 rings (SSSR count). The van der Waals surface area contributed by atoms with Crippen LogP contribution in [0.25, 0.3) is 0 Å². The summed E-state index contributed by atoms with van der Waals surface area (Å²) in [6.07, 6.45) is 0.0967. The second kappa shape index (κ2) is 8.31. The van der Waals surface area contributed by atoms with Crippen LogP contribution in [-0.2, 0) is 16.0 Å². The maximum atomic E-state index is 12.5. The van der Waals surface area contributed by atoms with Gasteiger partial charge in [-0.25, -0.2) is 0 Å². The smallest absolute Gasteiger partial charge is 0.260 e. The van der Waals surface area contributed by atoms with Crippen LogP contribution in [0.1, 0.15) is 22.3 Å². The number of nitrogens with zero attached hydrogens (tertiary/aromatic N) is 1. The van der Waals surface area contributed by atoms with E-state index >= 15 is 0 Å². The summed E-state index contributed by atoms with van der Waals surface area (Å²) in [5, 5.41) is 3.05. The second-order valence-electron chi connectivity index (χ2n) is 6.17. The molecule has 0 aromatic heterocycles. The summed E-state index contributed by atoms with van der Waals surface area (Å²) in [5.74, 6) is -0.316. The summed E-state index contributed by atoms with van der Waals surface area (Å²) in [7, 11) is 2.92. The lowest BCUT2D eigenvalue weighted by Gasteiger charge is -2.26. The minimum Gasteiger partial charge on any atom is -0.495 e. The van der Waals surface area contributed by atoms with Crippen LogP contribution in [0.15, 0.2) is 36.4 Å². The summed E-state index contributed by atoms with van der Waals surface area (Å²) in [6.45, 7) is -0.00905. The number of carbonyl (C=O) groups excluding carboxylic acids is 3. The third kappa shape index (κ3) is 3.94.